The zero-order valence-corrected chi connectivity index (χ0v) is 9.95. The molecule has 1 fully saturated rings. The van der Waals surface area contributed by atoms with Gasteiger partial charge in [-0.1, -0.05) is 13.8 Å². The van der Waals surface area contributed by atoms with E-state index in [-0.39, 0.29) is 18.2 Å². The van der Waals surface area contributed by atoms with Crippen LogP contribution in [-0.4, -0.2) is 49.2 Å². The fraction of sp³-hybridized carbons (Fsp3) is 1.00. The maximum atomic E-state index is 9.33. The van der Waals surface area contributed by atoms with Crippen molar-refractivity contribution in [1.29, 1.82) is 0 Å². The van der Waals surface area contributed by atoms with Gasteiger partial charge in [0, 0.05) is 12.6 Å². The average molecular weight is 217 g/mol. The molecule has 2 atom stereocenters. The van der Waals surface area contributed by atoms with Crippen molar-refractivity contribution in [2.45, 2.75) is 44.9 Å². The molecule has 0 saturated carbocycles. The summed E-state index contributed by atoms with van der Waals surface area (Å²) in [6.07, 6.45) is 1.16. The van der Waals surface area contributed by atoms with E-state index in [0.29, 0.717) is 19.3 Å². The summed E-state index contributed by atoms with van der Waals surface area (Å²) < 4.78 is 10.9. The Hall–Kier alpha value is -0.160. The lowest BCUT2D eigenvalue weighted by molar-refractivity contribution is -0.00950. The Morgan fingerprint density at radius 2 is 2.33 bits per heavy atom. The van der Waals surface area contributed by atoms with Crippen molar-refractivity contribution in [1.82, 2.24) is 5.32 Å². The molecule has 0 bridgehead atoms. The molecule has 0 spiro atoms. The van der Waals surface area contributed by atoms with Crippen molar-refractivity contribution in [3.05, 3.63) is 0 Å². The molecular weight excluding hydrogens is 194 g/mol. The van der Waals surface area contributed by atoms with Gasteiger partial charge in [0.05, 0.1) is 31.5 Å². The van der Waals surface area contributed by atoms with Gasteiger partial charge in [-0.05, 0) is 13.3 Å². The van der Waals surface area contributed by atoms with E-state index >= 15 is 0 Å². The average Bonchev–Trinajstić information content (AvgIpc) is 2.66. The molecule has 1 heterocycles. The van der Waals surface area contributed by atoms with Crippen LogP contribution in [0, 0.1) is 0 Å². The molecule has 0 aliphatic carbocycles. The Balaban J connectivity index is 2.30. The third-order valence-electron chi connectivity index (χ3n) is 2.51. The van der Waals surface area contributed by atoms with E-state index < -0.39 is 0 Å². The molecule has 4 nitrogen and oxygen atoms in total. The molecule has 1 saturated heterocycles. The highest BCUT2D eigenvalue weighted by Crippen LogP contribution is 2.12. The van der Waals surface area contributed by atoms with Crippen LogP contribution in [-0.2, 0) is 9.47 Å². The molecule has 0 radical (unpaired) electrons. The number of aliphatic hydroxyl groups is 1. The first-order valence-corrected chi connectivity index (χ1v) is 5.63. The van der Waals surface area contributed by atoms with Gasteiger partial charge in [0.2, 0.25) is 0 Å². The van der Waals surface area contributed by atoms with Crippen LogP contribution in [0.4, 0.5) is 0 Å². The Bertz CT molecular complexity index is 181. The van der Waals surface area contributed by atoms with Gasteiger partial charge in [-0.3, -0.25) is 0 Å². The Morgan fingerprint density at radius 1 is 1.60 bits per heavy atom. The van der Waals surface area contributed by atoms with Crippen LogP contribution < -0.4 is 5.32 Å². The maximum absolute atomic E-state index is 9.33. The lowest BCUT2D eigenvalue weighted by Gasteiger charge is -2.31. The fourth-order valence-electron chi connectivity index (χ4n) is 1.78. The zero-order chi connectivity index (χ0) is 11.3. The van der Waals surface area contributed by atoms with Crippen LogP contribution in [0.1, 0.15) is 27.2 Å². The Labute approximate surface area is 92.0 Å². The summed E-state index contributed by atoms with van der Waals surface area (Å²) in [7, 11) is 0. The van der Waals surface area contributed by atoms with Crippen molar-refractivity contribution in [3.8, 4) is 0 Å². The van der Waals surface area contributed by atoms with Gasteiger partial charge in [0.15, 0.2) is 0 Å². The summed E-state index contributed by atoms with van der Waals surface area (Å²) in [5.41, 5.74) is -0.350. The van der Waals surface area contributed by atoms with Crippen LogP contribution in [0.3, 0.4) is 0 Å². The van der Waals surface area contributed by atoms with Crippen molar-refractivity contribution in [2.24, 2.45) is 0 Å². The molecule has 0 amide bonds. The molecule has 15 heavy (non-hydrogen) atoms. The lowest BCUT2D eigenvalue weighted by atomic mass is 10.0. The largest absolute Gasteiger partial charge is 0.394 e. The minimum atomic E-state index is -0.350. The molecule has 1 rings (SSSR count). The molecule has 1 aliphatic heterocycles. The highest BCUT2D eigenvalue weighted by Gasteiger charge is 2.27. The van der Waals surface area contributed by atoms with Crippen LogP contribution in [0.15, 0.2) is 0 Å². The second kappa shape index (κ2) is 5.80. The quantitative estimate of drug-likeness (QED) is 0.682. The first kappa shape index (κ1) is 12.9. The number of aliphatic hydroxyl groups excluding tert-OH is 1. The second-order valence-corrected chi connectivity index (χ2v) is 4.81. The molecule has 0 aromatic carbocycles. The third kappa shape index (κ3) is 4.47. The number of hydrogen-bond acceptors (Lipinski definition) is 4. The summed E-state index contributed by atoms with van der Waals surface area (Å²) in [5, 5.41) is 12.6. The van der Waals surface area contributed by atoms with E-state index in [1.165, 1.54) is 0 Å². The molecule has 90 valence electrons. The standard InChI is InChI=1S/C11H23NO3/c1-9(2)12-11(3,7-13)8-15-10-4-5-14-6-10/h9-10,12-13H,4-8H2,1-3H3. The zero-order valence-electron chi connectivity index (χ0n) is 9.95. The van der Waals surface area contributed by atoms with Crippen molar-refractivity contribution in [2.75, 3.05) is 26.4 Å². The van der Waals surface area contributed by atoms with Gasteiger partial charge < -0.3 is 19.9 Å². The van der Waals surface area contributed by atoms with Gasteiger partial charge in [-0.15, -0.1) is 0 Å². The molecule has 0 aromatic rings. The van der Waals surface area contributed by atoms with E-state index in [2.05, 4.69) is 19.2 Å². The number of hydrogen-bond donors (Lipinski definition) is 2. The predicted octanol–water partition coefficient (Wildman–Crippen LogP) is 0.541. The summed E-state index contributed by atoms with van der Waals surface area (Å²) in [4.78, 5) is 0. The van der Waals surface area contributed by atoms with Crippen molar-refractivity contribution >= 4 is 0 Å². The van der Waals surface area contributed by atoms with Gasteiger partial charge in [-0.25, -0.2) is 0 Å². The van der Waals surface area contributed by atoms with Crippen LogP contribution in [0.2, 0.25) is 0 Å². The molecule has 0 aromatic heterocycles. The molecule has 2 N–H and O–H groups in total. The van der Waals surface area contributed by atoms with E-state index in [4.69, 9.17) is 9.47 Å². The second-order valence-electron chi connectivity index (χ2n) is 4.81. The summed E-state index contributed by atoms with van der Waals surface area (Å²) in [5.74, 6) is 0. The summed E-state index contributed by atoms with van der Waals surface area (Å²) >= 11 is 0. The minimum absolute atomic E-state index is 0.0821. The Morgan fingerprint density at radius 3 is 2.80 bits per heavy atom. The van der Waals surface area contributed by atoms with Crippen LogP contribution in [0.5, 0.6) is 0 Å². The molecule has 2 unspecified atom stereocenters. The lowest BCUT2D eigenvalue weighted by Crippen LogP contribution is -2.53. The van der Waals surface area contributed by atoms with Crippen LogP contribution in [0.25, 0.3) is 0 Å². The van der Waals surface area contributed by atoms with E-state index in [1.807, 2.05) is 6.92 Å². The summed E-state index contributed by atoms with van der Waals surface area (Å²) in [6.45, 7) is 8.18. The SMILES string of the molecule is CC(C)NC(C)(CO)COC1CCOC1. The normalized spacial score (nSPS) is 25.8. The van der Waals surface area contributed by atoms with Crippen LogP contribution >= 0.6 is 0 Å². The molecule has 1 aliphatic rings. The maximum Gasteiger partial charge on any atom is 0.0831 e. The van der Waals surface area contributed by atoms with Gasteiger partial charge in [0.1, 0.15) is 0 Å². The highest BCUT2D eigenvalue weighted by atomic mass is 16.5. The van der Waals surface area contributed by atoms with E-state index in [1.54, 1.807) is 0 Å². The number of rotatable bonds is 6. The predicted molar refractivity (Wildman–Crippen MR) is 58.9 cm³/mol. The smallest absolute Gasteiger partial charge is 0.0831 e. The summed E-state index contributed by atoms with van der Waals surface area (Å²) in [6, 6.07) is 0.338. The third-order valence-corrected chi connectivity index (χ3v) is 2.51. The van der Waals surface area contributed by atoms with Gasteiger partial charge >= 0.3 is 0 Å². The molecule has 4 heteroatoms. The monoisotopic (exact) mass is 217 g/mol. The first-order chi connectivity index (χ1) is 7.06. The van der Waals surface area contributed by atoms with Crippen molar-refractivity contribution in [3.63, 3.8) is 0 Å². The Kier molecular flexibility index (Phi) is 4.99. The van der Waals surface area contributed by atoms with Gasteiger partial charge in [0.25, 0.3) is 0 Å². The minimum Gasteiger partial charge on any atom is -0.394 e. The first-order valence-electron chi connectivity index (χ1n) is 5.63. The van der Waals surface area contributed by atoms with E-state index in [0.717, 1.165) is 13.0 Å². The topological polar surface area (TPSA) is 50.7 Å². The fourth-order valence-corrected chi connectivity index (χ4v) is 1.78. The number of ether oxygens (including phenoxy) is 2. The molecular formula is C11H23NO3. The number of nitrogens with one attached hydrogen (secondary N) is 1. The highest BCUT2D eigenvalue weighted by molar-refractivity contribution is 4.84. The van der Waals surface area contributed by atoms with Crippen molar-refractivity contribution < 1.29 is 14.6 Å². The van der Waals surface area contributed by atoms with E-state index in [9.17, 15) is 5.11 Å². The van der Waals surface area contributed by atoms with Gasteiger partial charge in [-0.2, -0.15) is 0 Å².